The van der Waals surface area contributed by atoms with Gasteiger partial charge in [-0.15, -0.1) is 10.2 Å². The Morgan fingerprint density at radius 1 is 1.29 bits per heavy atom. The number of hydrogen-bond donors (Lipinski definition) is 1. The Kier molecular flexibility index (Phi) is 3.59. The lowest BCUT2D eigenvalue weighted by molar-refractivity contribution is -0.109. The zero-order valence-electron chi connectivity index (χ0n) is 12.7. The molecule has 0 spiro atoms. The van der Waals surface area contributed by atoms with Crippen LogP contribution < -0.4 is 0 Å². The van der Waals surface area contributed by atoms with E-state index < -0.39 is 5.60 Å². The van der Waals surface area contributed by atoms with E-state index in [-0.39, 0.29) is 0 Å². The van der Waals surface area contributed by atoms with Gasteiger partial charge in [0.1, 0.15) is 11.5 Å². The van der Waals surface area contributed by atoms with Gasteiger partial charge in [0.25, 0.3) is 5.89 Å². The predicted molar refractivity (Wildman–Crippen MR) is 76.6 cm³/mol. The Morgan fingerprint density at radius 2 is 2.05 bits per heavy atom. The molecule has 21 heavy (non-hydrogen) atoms. The second kappa shape index (κ2) is 5.27. The number of β-amino-alcohol motifs (C(OH)–C–C–N with tert-alkyl or cyclic N) is 1. The summed E-state index contributed by atoms with van der Waals surface area (Å²) in [4.78, 5) is 2.11. The summed E-state index contributed by atoms with van der Waals surface area (Å²) in [6.45, 7) is 7.77. The SMILES string of the molecule is CCCC1(O)CN(Cc2nnc(-c3cc(C)oc3C)o2)C1. The van der Waals surface area contributed by atoms with Crippen LogP contribution in [0.4, 0.5) is 0 Å². The second-order valence-corrected chi connectivity index (χ2v) is 5.95. The molecule has 2 aromatic heterocycles. The molecule has 3 rings (SSSR count). The predicted octanol–water partition coefficient (Wildman–Crippen LogP) is 2.29. The summed E-state index contributed by atoms with van der Waals surface area (Å²) in [6.07, 6.45) is 1.83. The van der Waals surface area contributed by atoms with Gasteiger partial charge in [-0.2, -0.15) is 0 Å². The van der Waals surface area contributed by atoms with Gasteiger partial charge in [-0.05, 0) is 26.3 Å². The van der Waals surface area contributed by atoms with Crippen molar-refractivity contribution in [2.24, 2.45) is 0 Å². The molecule has 0 atom stereocenters. The van der Waals surface area contributed by atoms with Crippen LogP contribution in [0, 0.1) is 13.8 Å². The highest BCUT2D eigenvalue weighted by atomic mass is 16.4. The molecular weight excluding hydrogens is 270 g/mol. The van der Waals surface area contributed by atoms with E-state index in [1.165, 1.54) is 0 Å². The fourth-order valence-electron chi connectivity index (χ4n) is 2.98. The van der Waals surface area contributed by atoms with E-state index in [2.05, 4.69) is 22.0 Å². The Bertz CT molecular complexity index is 626. The molecule has 2 aromatic rings. The number of furan rings is 1. The van der Waals surface area contributed by atoms with E-state index in [4.69, 9.17) is 8.83 Å². The Hall–Kier alpha value is -1.66. The fourth-order valence-corrected chi connectivity index (χ4v) is 2.98. The van der Waals surface area contributed by atoms with E-state index in [1.54, 1.807) is 0 Å². The standard InChI is InChI=1S/C15H21N3O3/c1-4-5-15(19)8-18(9-15)7-13-16-17-14(21-13)12-6-10(2)20-11(12)3/h6,19H,4-5,7-9H2,1-3H3. The molecular formula is C15H21N3O3. The van der Waals surface area contributed by atoms with Crippen LogP contribution in [0.2, 0.25) is 0 Å². The highest BCUT2D eigenvalue weighted by molar-refractivity contribution is 5.55. The van der Waals surface area contributed by atoms with Crippen LogP contribution in [-0.2, 0) is 6.54 Å². The molecule has 0 saturated carbocycles. The van der Waals surface area contributed by atoms with Crippen molar-refractivity contribution in [3.05, 3.63) is 23.5 Å². The molecule has 3 heterocycles. The maximum absolute atomic E-state index is 10.2. The first-order valence-electron chi connectivity index (χ1n) is 7.33. The lowest BCUT2D eigenvalue weighted by Gasteiger charge is -2.46. The van der Waals surface area contributed by atoms with Crippen LogP contribution in [0.25, 0.3) is 11.5 Å². The molecule has 1 fully saturated rings. The second-order valence-electron chi connectivity index (χ2n) is 5.95. The van der Waals surface area contributed by atoms with Crippen LogP contribution in [0.5, 0.6) is 0 Å². The van der Waals surface area contributed by atoms with Crippen molar-refractivity contribution in [3.63, 3.8) is 0 Å². The summed E-state index contributed by atoms with van der Waals surface area (Å²) >= 11 is 0. The average Bonchev–Trinajstić information content (AvgIpc) is 2.94. The van der Waals surface area contributed by atoms with Crippen molar-refractivity contribution < 1.29 is 13.9 Å². The van der Waals surface area contributed by atoms with Crippen LogP contribution in [0.1, 0.15) is 37.2 Å². The van der Waals surface area contributed by atoms with Gasteiger partial charge in [0.2, 0.25) is 5.89 Å². The fraction of sp³-hybridized carbons (Fsp3) is 0.600. The van der Waals surface area contributed by atoms with Crippen molar-refractivity contribution in [2.45, 2.75) is 45.8 Å². The van der Waals surface area contributed by atoms with Gasteiger partial charge in [0.15, 0.2) is 0 Å². The molecule has 1 N–H and O–H groups in total. The van der Waals surface area contributed by atoms with Gasteiger partial charge in [0, 0.05) is 13.1 Å². The minimum atomic E-state index is -0.532. The van der Waals surface area contributed by atoms with Crippen LogP contribution in [-0.4, -0.2) is 38.9 Å². The van der Waals surface area contributed by atoms with Gasteiger partial charge in [-0.25, -0.2) is 0 Å². The summed E-state index contributed by atoms with van der Waals surface area (Å²) in [5.41, 5.74) is 0.313. The van der Waals surface area contributed by atoms with Gasteiger partial charge in [-0.1, -0.05) is 13.3 Å². The normalized spacial score (nSPS) is 17.9. The third-order valence-corrected chi connectivity index (χ3v) is 3.85. The molecule has 6 heteroatoms. The molecule has 0 unspecified atom stereocenters. The van der Waals surface area contributed by atoms with Crippen molar-refractivity contribution in [2.75, 3.05) is 13.1 Å². The Labute approximate surface area is 123 Å². The molecule has 6 nitrogen and oxygen atoms in total. The first-order chi connectivity index (χ1) is 9.99. The molecule has 0 amide bonds. The number of rotatable bonds is 5. The smallest absolute Gasteiger partial charge is 0.251 e. The Balaban J connectivity index is 1.63. The molecule has 0 aliphatic carbocycles. The summed E-state index contributed by atoms with van der Waals surface area (Å²) in [6, 6.07) is 1.90. The monoisotopic (exact) mass is 291 g/mol. The van der Waals surface area contributed by atoms with E-state index in [1.807, 2.05) is 19.9 Å². The van der Waals surface area contributed by atoms with Gasteiger partial charge < -0.3 is 13.9 Å². The minimum Gasteiger partial charge on any atom is -0.466 e. The highest BCUT2D eigenvalue weighted by Gasteiger charge is 2.40. The molecule has 0 radical (unpaired) electrons. The molecule has 1 aliphatic rings. The minimum absolute atomic E-state index is 0.490. The first-order valence-corrected chi connectivity index (χ1v) is 7.33. The molecule has 114 valence electrons. The van der Waals surface area contributed by atoms with Gasteiger partial charge >= 0.3 is 0 Å². The number of aryl methyl sites for hydroxylation is 2. The van der Waals surface area contributed by atoms with Crippen molar-refractivity contribution in [1.82, 2.24) is 15.1 Å². The van der Waals surface area contributed by atoms with Crippen LogP contribution in [0.3, 0.4) is 0 Å². The number of aliphatic hydroxyl groups is 1. The topological polar surface area (TPSA) is 75.5 Å². The van der Waals surface area contributed by atoms with Crippen molar-refractivity contribution in [1.29, 1.82) is 0 Å². The quantitative estimate of drug-likeness (QED) is 0.911. The van der Waals surface area contributed by atoms with E-state index >= 15 is 0 Å². The molecule has 1 saturated heterocycles. The summed E-state index contributed by atoms with van der Waals surface area (Å²) < 4.78 is 11.2. The van der Waals surface area contributed by atoms with E-state index in [0.29, 0.717) is 31.4 Å². The lowest BCUT2D eigenvalue weighted by Crippen LogP contribution is -2.60. The van der Waals surface area contributed by atoms with Crippen LogP contribution in [0.15, 0.2) is 14.9 Å². The zero-order valence-corrected chi connectivity index (χ0v) is 12.7. The lowest BCUT2D eigenvalue weighted by atomic mass is 9.89. The van der Waals surface area contributed by atoms with Gasteiger partial charge in [0.05, 0.1) is 17.7 Å². The van der Waals surface area contributed by atoms with Crippen LogP contribution >= 0.6 is 0 Å². The van der Waals surface area contributed by atoms with Gasteiger partial charge in [-0.3, -0.25) is 4.90 Å². The molecule has 0 bridgehead atoms. The first kappa shape index (κ1) is 14.3. The molecule has 0 aromatic carbocycles. The third-order valence-electron chi connectivity index (χ3n) is 3.85. The van der Waals surface area contributed by atoms with Crippen molar-refractivity contribution >= 4 is 0 Å². The molecule has 1 aliphatic heterocycles. The third kappa shape index (κ3) is 2.87. The van der Waals surface area contributed by atoms with E-state index in [0.717, 1.165) is 29.9 Å². The number of nitrogens with zero attached hydrogens (tertiary/aromatic N) is 3. The summed E-state index contributed by atoms with van der Waals surface area (Å²) in [5.74, 6) is 2.67. The summed E-state index contributed by atoms with van der Waals surface area (Å²) in [7, 11) is 0. The highest BCUT2D eigenvalue weighted by Crippen LogP contribution is 2.29. The largest absolute Gasteiger partial charge is 0.466 e. The maximum Gasteiger partial charge on any atom is 0.251 e. The average molecular weight is 291 g/mol. The summed E-state index contributed by atoms with van der Waals surface area (Å²) in [5, 5.41) is 18.3. The number of aromatic nitrogens is 2. The number of hydrogen-bond acceptors (Lipinski definition) is 6. The van der Waals surface area contributed by atoms with E-state index in [9.17, 15) is 5.11 Å². The zero-order chi connectivity index (χ0) is 15.0. The maximum atomic E-state index is 10.2. The van der Waals surface area contributed by atoms with Crippen molar-refractivity contribution in [3.8, 4) is 11.5 Å². The Morgan fingerprint density at radius 3 is 2.67 bits per heavy atom. The number of likely N-dealkylation sites (tertiary alicyclic amines) is 1.